The van der Waals surface area contributed by atoms with E-state index in [-0.39, 0.29) is 23.2 Å². The third-order valence-corrected chi connectivity index (χ3v) is 4.27. The fourth-order valence-electron chi connectivity index (χ4n) is 3.11. The number of amides is 2. The van der Waals surface area contributed by atoms with E-state index in [1.54, 1.807) is 17.2 Å². The molecule has 1 fully saturated rings. The van der Waals surface area contributed by atoms with Crippen LogP contribution in [0.5, 0.6) is 0 Å². The van der Waals surface area contributed by atoms with E-state index in [1.165, 1.54) is 18.2 Å². The van der Waals surface area contributed by atoms with E-state index in [4.69, 9.17) is 4.42 Å². The highest BCUT2D eigenvalue weighted by atomic mass is 19.4. The van der Waals surface area contributed by atoms with Crippen LogP contribution < -0.4 is 5.32 Å². The molecule has 1 N–H and O–H groups in total. The molecule has 0 bridgehead atoms. The maximum absolute atomic E-state index is 12.7. The van der Waals surface area contributed by atoms with Gasteiger partial charge in [-0.3, -0.25) is 0 Å². The van der Waals surface area contributed by atoms with Crippen LogP contribution in [0.15, 0.2) is 45.4 Å². The van der Waals surface area contributed by atoms with Crippen molar-refractivity contribution in [2.75, 3.05) is 11.9 Å². The van der Waals surface area contributed by atoms with E-state index in [2.05, 4.69) is 14.7 Å². The number of urea groups is 1. The van der Waals surface area contributed by atoms with Gasteiger partial charge in [-0.25, -0.2) is 9.78 Å². The Hall–Kier alpha value is -2.97. The summed E-state index contributed by atoms with van der Waals surface area (Å²) in [5.41, 5.74) is 0.374. The molecule has 26 heavy (non-hydrogen) atoms. The first-order valence-electron chi connectivity index (χ1n) is 8.00. The number of rotatable bonds is 2. The minimum atomic E-state index is -4.66. The number of benzene rings is 1. The molecular weight excluding hydrogens is 351 g/mol. The van der Waals surface area contributed by atoms with Gasteiger partial charge in [-0.1, -0.05) is 0 Å². The maximum Gasteiger partial charge on any atom is 0.468 e. The Morgan fingerprint density at radius 3 is 2.88 bits per heavy atom. The first-order valence-corrected chi connectivity index (χ1v) is 8.00. The predicted octanol–water partition coefficient (Wildman–Crippen LogP) is 4.81. The lowest BCUT2D eigenvalue weighted by Gasteiger charge is -2.23. The molecule has 1 aliphatic rings. The lowest BCUT2D eigenvalue weighted by molar-refractivity contribution is -0.156. The molecule has 9 heteroatoms. The quantitative estimate of drug-likeness (QED) is 0.707. The zero-order chi connectivity index (χ0) is 18.3. The predicted molar refractivity (Wildman–Crippen MR) is 85.4 cm³/mol. The van der Waals surface area contributed by atoms with Gasteiger partial charge in [0, 0.05) is 12.2 Å². The Balaban J connectivity index is 1.54. The SMILES string of the molecule is O=C(Nc1ccc2oc(C(F)(F)F)nc2c1)N1CCCC1c1ccco1. The molecule has 0 aliphatic carbocycles. The third kappa shape index (κ3) is 3.00. The van der Waals surface area contributed by atoms with E-state index >= 15 is 0 Å². The second-order valence-corrected chi connectivity index (χ2v) is 6.00. The van der Waals surface area contributed by atoms with Gasteiger partial charge in [0.15, 0.2) is 5.58 Å². The zero-order valence-corrected chi connectivity index (χ0v) is 13.4. The number of carbonyl (C=O) groups is 1. The van der Waals surface area contributed by atoms with Crippen molar-refractivity contribution in [3.05, 3.63) is 48.2 Å². The van der Waals surface area contributed by atoms with Crippen LogP contribution in [0.25, 0.3) is 11.1 Å². The molecule has 1 saturated heterocycles. The van der Waals surface area contributed by atoms with Crippen LogP contribution in [0.2, 0.25) is 0 Å². The normalized spacial score (nSPS) is 17.8. The first-order chi connectivity index (χ1) is 12.4. The van der Waals surface area contributed by atoms with Crippen molar-refractivity contribution in [2.24, 2.45) is 0 Å². The number of alkyl halides is 3. The van der Waals surface area contributed by atoms with Gasteiger partial charge in [0.05, 0.1) is 12.3 Å². The molecule has 1 atom stereocenters. The molecule has 4 rings (SSSR count). The Morgan fingerprint density at radius 1 is 1.31 bits per heavy atom. The zero-order valence-electron chi connectivity index (χ0n) is 13.4. The van der Waals surface area contributed by atoms with Gasteiger partial charge in [0.25, 0.3) is 0 Å². The average Bonchev–Trinajstić information content (AvgIpc) is 3.32. The van der Waals surface area contributed by atoms with E-state index in [9.17, 15) is 18.0 Å². The van der Waals surface area contributed by atoms with Gasteiger partial charge in [-0.2, -0.15) is 13.2 Å². The summed E-state index contributed by atoms with van der Waals surface area (Å²) in [6.45, 7) is 0.571. The second-order valence-electron chi connectivity index (χ2n) is 6.00. The number of carbonyl (C=O) groups excluding carboxylic acids is 1. The van der Waals surface area contributed by atoms with Crippen molar-refractivity contribution in [1.29, 1.82) is 0 Å². The van der Waals surface area contributed by atoms with Crippen LogP contribution in [0.3, 0.4) is 0 Å². The number of halogens is 3. The van der Waals surface area contributed by atoms with Crippen molar-refractivity contribution < 1.29 is 26.8 Å². The summed E-state index contributed by atoms with van der Waals surface area (Å²) in [7, 11) is 0. The molecule has 3 heterocycles. The van der Waals surface area contributed by atoms with E-state index < -0.39 is 12.1 Å². The number of anilines is 1. The molecule has 2 amide bonds. The van der Waals surface area contributed by atoms with Gasteiger partial charge in [-0.15, -0.1) is 0 Å². The van der Waals surface area contributed by atoms with E-state index in [0.29, 0.717) is 18.0 Å². The minimum absolute atomic E-state index is 0.00459. The van der Waals surface area contributed by atoms with Crippen molar-refractivity contribution in [3.63, 3.8) is 0 Å². The summed E-state index contributed by atoms with van der Waals surface area (Å²) < 4.78 is 48.1. The Labute approximate surface area is 145 Å². The molecule has 0 spiro atoms. The lowest BCUT2D eigenvalue weighted by atomic mass is 10.2. The van der Waals surface area contributed by atoms with Gasteiger partial charge in [0.1, 0.15) is 11.3 Å². The van der Waals surface area contributed by atoms with Gasteiger partial charge >= 0.3 is 18.1 Å². The number of nitrogens with one attached hydrogen (secondary N) is 1. The molecule has 3 aromatic rings. The Morgan fingerprint density at radius 2 is 2.15 bits per heavy atom. The number of likely N-dealkylation sites (tertiary alicyclic amines) is 1. The molecule has 0 radical (unpaired) electrons. The summed E-state index contributed by atoms with van der Waals surface area (Å²) in [6.07, 6.45) is -1.47. The highest BCUT2D eigenvalue weighted by molar-refractivity contribution is 5.92. The number of hydrogen-bond donors (Lipinski definition) is 1. The summed E-state index contributed by atoms with van der Waals surface area (Å²) in [5.74, 6) is -0.604. The molecule has 0 saturated carbocycles. The van der Waals surface area contributed by atoms with E-state index in [0.717, 1.165) is 12.8 Å². The molecule has 136 valence electrons. The molecule has 1 aliphatic heterocycles. The van der Waals surface area contributed by atoms with Crippen molar-refractivity contribution in [3.8, 4) is 0 Å². The number of fused-ring (bicyclic) bond motifs is 1. The van der Waals surface area contributed by atoms with Gasteiger partial charge in [0.2, 0.25) is 0 Å². The highest BCUT2D eigenvalue weighted by Gasteiger charge is 2.37. The largest absolute Gasteiger partial charge is 0.468 e. The Bertz CT molecular complexity index is 934. The number of hydrogen-bond acceptors (Lipinski definition) is 4. The van der Waals surface area contributed by atoms with Crippen LogP contribution in [0.1, 0.15) is 30.5 Å². The maximum atomic E-state index is 12.7. The smallest absolute Gasteiger partial charge is 0.467 e. The number of furan rings is 1. The molecule has 2 aromatic heterocycles. The summed E-state index contributed by atoms with van der Waals surface area (Å²) in [6, 6.07) is 7.26. The molecular formula is C17H14F3N3O3. The molecule has 1 unspecified atom stereocenters. The second kappa shape index (κ2) is 6.08. The summed E-state index contributed by atoms with van der Waals surface area (Å²) in [5, 5.41) is 2.70. The topological polar surface area (TPSA) is 71.5 Å². The summed E-state index contributed by atoms with van der Waals surface area (Å²) in [4.78, 5) is 17.6. The fourth-order valence-corrected chi connectivity index (χ4v) is 3.11. The number of oxazole rings is 1. The van der Waals surface area contributed by atoms with E-state index in [1.807, 2.05) is 6.07 Å². The number of aromatic nitrogens is 1. The molecule has 1 aromatic carbocycles. The van der Waals surface area contributed by atoms with Crippen LogP contribution in [-0.2, 0) is 6.18 Å². The first kappa shape index (κ1) is 16.5. The number of nitrogens with zero attached hydrogens (tertiary/aromatic N) is 2. The van der Waals surface area contributed by atoms with Crippen LogP contribution >= 0.6 is 0 Å². The van der Waals surface area contributed by atoms with Crippen LogP contribution in [0, 0.1) is 0 Å². The average molecular weight is 365 g/mol. The van der Waals surface area contributed by atoms with Crippen LogP contribution in [0.4, 0.5) is 23.7 Å². The standard InChI is InChI=1S/C17H14F3N3O3/c18-17(19,20)15-22-11-9-10(5-6-13(11)26-15)21-16(24)23-7-1-3-12(23)14-4-2-8-25-14/h2,4-6,8-9,12H,1,3,7H2,(H,21,24). The summed E-state index contributed by atoms with van der Waals surface area (Å²) >= 11 is 0. The van der Waals surface area contributed by atoms with Crippen LogP contribution in [-0.4, -0.2) is 22.5 Å². The monoisotopic (exact) mass is 365 g/mol. The van der Waals surface area contributed by atoms with Gasteiger partial charge < -0.3 is 19.1 Å². The van der Waals surface area contributed by atoms with Crippen molar-refractivity contribution >= 4 is 22.8 Å². The highest BCUT2D eigenvalue weighted by Crippen LogP contribution is 2.34. The third-order valence-electron chi connectivity index (χ3n) is 4.27. The lowest BCUT2D eigenvalue weighted by Crippen LogP contribution is -2.34. The van der Waals surface area contributed by atoms with Gasteiger partial charge in [-0.05, 0) is 43.2 Å². The van der Waals surface area contributed by atoms with Crippen molar-refractivity contribution in [2.45, 2.75) is 25.1 Å². The Kier molecular flexibility index (Phi) is 3.86. The minimum Gasteiger partial charge on any atom is -0.467 e. The van der Waals surface area contributed by atoms with Crippen molar-refractivity contribution in [1.82, 2.24) is 9.88 Å². The molecule has 6 nitrogen and oxygen atoms in total. The fraction of sp³-hybridized carbons (Fsp3) is 0.294.